The van der Waals surface area contributed by atoms with Crippen molar-refractivity contribution < 1.29 is 5.11 Å². The molecule has 0 saturated heterocycles. The highest BCUT2D eigenvalue weighted by atomic mass is 79.9. The van der Waals surface area contributed by atoms with Crippen molar-refractivity contribution in [2.75, 3.05) is 6.61 Å². The summed E-state index contributed by atoms with van der Waals surface area (Å²) in [5, 5.41) is 9.70. The van der Waals surface area contributed by atoms with Crippen LogP contribution in [0.5, 0.6) is 0 Å². The Kier molecular flexibility index (Phi) is 3.95. The summed E-state index contributed by atoms with van der Waals surface area (Å²) in [6, 6.07) is 1.48. The number of rotatable bonds is 2. The Bertz CT molecular complexity index is 328. The maximum Gasteiger partial charge on any atom is 0.0624 e. The van der Waals surface area contributed by atoms with Crippen LogP contribution in [0.1, 0.15) is 22.7 Å². The minimum Gasteiger partial charge on any atom is -0.394 e. The van der Waals surface area contributed by atoms with Crippen LogP contribution >= 0.6 is 27.5 Å². The quantitative estimate of drug-likeness (QED) is 0.874. The Labute approximate surface area is 97.2 Å². The third kappa shape index (κ3) is 2.11. The Hall–Kier alpha value is -0.0900. The van der Waals surface area contributed by atoms with Crippen molar-refractivity contribution >= 4 is 27.5 Å². The van der Waals surface area contributed by atoms with Gasteiger partial charge in [-0.25, -0.2) is 0 Å². The first kappa shape index (κ1) is 12.0. The van der Waals surface area contributed by atoms with E-state index in [9.17, 15) is 0 Å². The Morgan fingerprint density at radius 2 is 2.07 bits per heavy atom. The van der Waals surface area contributed by atoms with E-state index in [0.717, 1.165) is 21.2 Å². The van der Waals surface area contributed by atoms with E-state index < -0.39 is 0 Å². The Balaban J connectivity index is 3.39. The lowest BCUT2D eigenvalue weighted by molar-refractivity contribution is 0.267. The second-order valence-electron chi connectivity index (χ2n) is 3.29. The van der Waals surface area contributed by atoms with Gasteiger partial charge in [0.15, 0.2) is 0 Å². The van der Waals surface area contributed by atoms with E-state index in [-0.39, 0.29) is 12.6 Å². The van der Waals surface area contributed by atoms with Crippen LogP contribution in [0.3, 0.4) is 0 Å². The molecule has 1 unspecified atom stereocenters. The highest BCUT2D eigenvalue weighted by molar-refractivity contribution is 9.10. The average molecular weight is 279 g/mol. The van der Waals surface area contributed by atoms with Gasteiger partial charge in [-0.3, -0.25) is 0 Å². The topological polar surface area (TPSA) is 46.2 Å². The summed E-state index contributed by atoms with van der Waals surface area (Å²) in [6.07, 6.45) is 0. The van der Waals surface area contributed by atoms with Gasteiger partial charge in [0.2, 0.25) is 0 Å². The average Bonchev–Trinajstić information content (AvgIpc) is 2.15. The standard InChI is InChI=1S/C10H13BrClNO/c1-5-7(11)3-8(12)6(2)10(5)9(13)4-14/h3,9,14H,4,13H2,1-2H3. The van der Waals surface area contributed by atoms with Crippen LogP contribution in [0.25, 0.3) is 0 Å². The fraction of sp³-hybridized carbons (Fsp3) is 0.400. The fourth-order valence-electron chi connectivity index (χ4n) is 1.51. The molecule has 3 N–H and O–H groups in total. The van der Waals surface area contributed by atoms with Crippen molar-refractivity contribution in [2.24, 2.45) is 5.73 Å². The van der Waals surface area contributed by atoms with Gasteiger partial charge < -0.3 is 10.8 Å². The van der Waals surface area contributed by atoms with Gasteiger partial charge in [0.05, 0.1) is 12.6 Å². The predicted molar refractivity (Wildman–Crippen MR) is 62.6 cm³/mol. The summed E-state index contributed by atoms with van der Waals surface area (Å²) in [5.74, 6) is 0. The van der Waals surface area contributed by atoms with Crippen LogP contribution in [0, 0.1) is 13.8 Å². The van der Waals surface area contributed by atoms with Crippen LogP contribution < -0.4 is 5.73 Å². The van der Waals surface area contributed by atoms with Gasteiger partial charge in [-0.1, -0.05) is 27.5 Å². The zero-order valence-electron chi connectivity index (χ0n) is 8.14. The summed E-state index contributed by atoms with van der Waals surface area (Å²) in [5.41, 5.74) is 8.70. The molecule has 1 aromatic rings. The molecule has 2 nitrogen and oxygen atoms in total. The van der Waals surface area contributed by atoms with Crippen LogP contribution in [0.4, 0.5) is 0 Å². The van der Waals surface area contributed by atoms with E-state index in [2.05, 4.69) is 15.9 Å². The van der Waals surface area contributed by atoms with Crippen LogP contribution in [-0.4, -0.2) is 11.7 Å². The van der Waals surface area contributed by atoms with Crippen molar-refractivity contribution in [3.8, 4) is 0 Å². The molecule has 0 spiro atoms. The number of hydrogen-bond donors (Lipinski definition) is 2. The molecule has 0 aliphatic rings. The molecule has 0 fully saturated rings. The summed E-state index contributed by atoms with van der Waals surface area (Å²) in [4.78, 5) is 0. The zero-order valence-corrected chi connectivity index (χ0v) is 10.5. The molecule has 78 valence electrons. The number of halogens is 2. The molecule has 0 aromatic heterocycles. The molecule has 0 aliphatic carbocycles. The molecule has 1 aromatic carbocycles. The van der Waals surface area contributed by atoms with Gasteiger partial charge in [-0.15, -0.1) is 0 Å². The molecule has 4 heteroatoms. The molecule has 0 saturated carbocycles. The minimum atomic E-state index is -0.370. The molecule has 0 aliphatic heterocycles. The number of hydrogen-bond acceptors (Lipinski definition) is 2. The number of aliphatic hydroxyl groups excluding tert-OH is 1. The van der Waals surface area contributed by atoms with Gasteiger partial charge in [0.25, 0.3) is 0 Å². The van der Waals surface area contributed by atoms with Crippen molar-refractivity contribution in [2.45, 2.75) is 19.9 Å². The number of benzene rings is 1. The van der Waals surface area contributed by atoms with E-state index in [4.69, 9.17) is 22.4 Å². The first-order valence-corrected chi connectivity index (χ1v) is 5.47. The fourth-order valence-corrected chi connectivity index (χ4v) is 2.30. The molecule has 0 bridgehead atoms. The van der Waals surface area contributed by atoms with Crippen molar-refractivity contribution in [1.82, 2.24) is 0 Å². The smallest absolute Gasteiger partial charge is 0.0624 e. The SMILES string of the molecule is Cc1c(Cl)cc(Br)c(C)c1C(N)CO. The van der Waals surface area contributed by atoms with Crippen molar-refractivity contribution in [1.29, 1.82) is 0 Å². The van der Waals surface area contributed by atoms with E-state index >= 15 is 0 Å². The monoisotopic (exact) mass is 277 g/mol. The Morgan fingerprint density at radius 3 is 2.57 bits per heavy atom. The maximum absolute atomic E-state index is 9.04. The third-order valence-electron chi connectivity index (χ3n) is 2.35. The molecular weight excluding hydrogens is 265 g/mol. The van der Waals surface area contributed by atoms with Crippen molar-refractivity contribution in [3.63, 3.8) is 0 Å². The lowest BCUT2D eigenvalue weighted by Crippen LogP contribution is -2.17. The lowest BCUT2D eigenvalue weighted by atomic mass is 9.97. The molecule has 0 heterocycles. The summed E-state index contributed by atoms with van der Waals surface area (Å²) < 4.78 is 0.923. The molecule has 0 radical (unpaired) electrons. The van der Waals surface area contributed by atoms with Gasteiger partial charge >= 0.3 is 0 Å². The first-order valence-electron chi connectivity index (χ1n) is 4.30. The largest absolute Gasteiger partial charge is 0.394 e. The second-order valence-corrected chi connectivity index (χ2v) is 4.55. The van der Waals surface area contributed by atoms with Crippen LogP contribution in [0.15, 0.2) is 10.5 Å². The minimum absolute atomic E-state index is 0.0749. The van der Waals surface area contributed by atoms with Crippen molar-refractivity contribution in [3.05, 3.63) is 32.3 Å². The molecule has 0 amide bonds. The third-order valence-corrected chi connectivity index (χ3v) is 3.56. The molecular formula is C10H13BrClNO. The van der Waals surface area contributed by atoms with E-state index in [1.165, 1.54) is 0 Å². The summed E-state index contributed by atoms with van der Waals surface area (Å²) in [7, 11) is 0. The second kappa shape index (κ2) is 4.62. The van der Waals surface area contributed by atoms with Crippen LogP contribution in [-0.2, 0) is 0 Å². The molecule has 1 atom stereocenters. The number of nitrogens with two attached hydrogens (primary N) is 1. The Morgan fingerprint density at radius 1 is 1.50 bits per heavy atom. The molecule has 1 rings (SSSR count). The summed E-state index contributed by atoms with van der Waals surface area (Å²) in [6.45, 7) is 3.79. The highest BCUT2D eigenvalue weighted by Crippen LogP contribution is 2.32. The maximum atomic E-state index is 9.04. The molecule has 14 heavy (non-hydrogen) atoms. The first-order chi connectivity index (χ1) is 6.49. The van der Waals surface area contributed by atoms with Crippen LogP contribution in [0.2, 0.25) is 5.02 Å². The number of aliphatic hydroxyl groups is 1. The van der Waals surface area contributed by atoms with Gasteiger partial charge in [0, 0.05) is 9.50 Å². The van der Waals surface area contributed by atoms with E-state index in [0.29, 0.717) is 5.02 Å². The summed E-state index contributed by atoms with van der Waals surface area (Å²) >= 11 is 9.43. The van der Waals surface area contributed by atoms with E-state index in [1.807, 2.05) is 19.9 Å². The van der Waals surface area contributed by atoms with Gasteiger partial charge in [-0.05, 0) is 36.6 Å². The predicted octanol–water partition coefficient (Wildman–Crippen LogP) is 2.71. The normalized spacial score (nSPS) is 13.0. The zero-order chi connectivity index (χ0) is 10.9. The van der Waals surface area contributed by atoms with E-state index in [1.54, 1.807) is 0 Å². The van der Waals surface area contributed by atoms with Gasteiger partial charge in [0.1, 0.15) is 0 Å². The lowest BCUT2D eigenvalue weighted by Gasteiger charge is -2.17. The van der Waals surface area contributed by atoms with Gasteiger partial charge in [-0.2, -0.15) is 0 Å². The highest BCUT2D eigenvalue weighted by Gasteiger charge is 2.15.